The minimum atomic E-state index is -0.944. The average Bonchev–Trinajstić information content (AvgIpc) is 3.11. The maximum Gasteiger partial charge on any atom is 0.407 e. The fourth-order valence-corrected chi connectivity index (χ4v) is 4.68. The largest absolute Gasteiger partial charge is 0.481 e. The summed E-state index contributed by atoms with van der Waals surface area (Å²) in [5.41, 5.74) is 4.61. The van der Waals surface area contributed by atoms with Gasteiger partial charge in [0.05, 0.1) is 6.42 Å². The third-order valence-corrected chi connectivity index (χ3v) is 6.16. The molecule has 2 aromatic carbocycles. The van der Waals surface area contributed by atoms with Gasteiger partial charge in [0.15, 0.2) is 0 Å². The lowest BCUT2D eigenvalue weighted by Crippen LogP contribution is -2.42. The molecule has 0 saturated heterocycles. The normalized spacial score (nSPS) is 13.9. The molecule has 2 atom stereocenters. The van der Waals surface area contributed by atoms with Crippen LogP contribution >= 0.6 is 0 Å². The molecular weight excluding hydrogens is 432 g/mol. The van der Waals surface area contributed by atoms with Gasteiger partial charge in [0, 0.05) is 24.4 Å². The van der Waals surface area contributed by atoms with Crippen LogP contribution in [0.3, 0.4) is 0 Å². The Morgan fingerprint density at radius 2 is 1.38 bits per heavy atom. The molecule has 0 bridgehead atoms. The van der Waals surface area contributed by atoms with Crippen LogP contribution < -0.4 is 10.6 Å². The first-order chi connectivity index (χ1) is 16.4. The number of amides is 2. The molecule has 0 fully saturated rings. The van der Waals surface area contributed by atoms with Crippen molar-refractivity contribution in [3.05, 3.63) is 59.7 Å². The van der Waals surface area contributed by atoms with Crippen molar-refractivity contribution in [2.45, 2.75) is 70.4 Å². The maximum absolute atomic E-state index is 12.6. The quantitative estimate of drug-likeness (QED) is 0.415. The molecule has 3 N–H and O–H groups in total. The molecule has 0 radical (unpaired) electrons. The number of ether oxygens (including phenoxy) is 1. The van der Waals surface area contributed by atoms with E-state index in [2.05, 4.69) is 34.9 Å². The van der Waals surface area contributed by atoms with E-state index >= 15 is 0 Å². The molecule has 1 aliphatic carbocycles. The fourth-order valence-electron chi connectivity index (χ4n) is 4.68. The van der Waals surface area contributed by atoms with Crippen molar-refractivity contribution in [2.24, 2.45) is 0 Å². The number of carbonyl (C=O) groups excluding carboxylic acids is 2. The van der Waals surface area contributed by atoms with Crippen molar-refractivity contribution in [3.8, 4) is 11.1 Å². The van der Waals surface area contributed by atoms with Crippen LogP contribution in [0.25, 0.3) is 11.1 Å². The number of fused-ring (bicyclic) bond motifs is 3. The summed E-state index contributed by atoms with van der Waals surface area (Å²) in [5, 5.41) is 14.7. The molecule has 0 aliphatic heterocycles. The highest BCUT2D eigenvalue weighted by molar-refractivity contribution is 5.80. The Labute approximate surface area is 200 Å². The van der Waals surface area contributed by atoms with E-state index in [1.807, 2.05) is 38.1 Å². The lowest BCUT2D eigenvalue weighted by Gasteiger charge is -2.21. The van der Waals surface area contributed by atoms with Crippen LogP contribution in [0.15, 0.2) is 48.5 Å². The summed E-state index contributed by atoms with van der Waals surface area (Å²) in [6.07, 6.45) is 2.19. The van der Waals surface area contributed by atoms with E-state index in [1.54, 1.807) is 0 Å². The Kier molecular flexibility index (Phi) is 9.08. The molecule has 1 unspecified atom stereocenters. The molecule has 0 saturated carbocycles. The topological polar surface area (TPSA) is 105 Å². The van der Waals surface area contributed by atoms with E-state index in [0.717, 1.165) is 35.1 Å². The highest BCUT2D eigenvalue weighted by atomic mass is 16.5. The molecule has 3 rings (SSSR count). The zero-order valence-corrected chi connectivity index (χ0v) is 19.9. The summed E-state index contributed by atoms with van der Waals surface area (Å²) in [5.74, 6) is -1.24. The summed E-state index contributed by atoms with van der Waals surface area (Å²) in [4.78, 5) is 36.2. The van der Waals surface area contributed by atoms with Gasteiger partial charge in [-0.05, 0) is 35.1 Å². The van der Waals surface area contributed by atoms with Crippen LogP contribution in [-0.2, 0) is 14.3 Å². The smallest absolute Gasteiger partial charge is 0.407 e. The van der Waals surface area contributed by atoms with Gasteiger partial charge in [-0.3, -0.25) is 9.59 Å². The van der Waals surface area contributed by atoms with Crippen LogP contribution in [0.1, 0.15) is 69.4 Å². The van der Waals surface area contributed by atoms with Gasteiger partial charge in [0.1, 0.15) is 6.61 Å². The van der Waals surface area contributed by atoms with Gasteiger partial charge in [-0.25, -0.2) is 4.79 Å². The second-order valence-corrected chi connectivity index (χ2v) is 8.81. The van der Waals surface area contributed by atoms with Crippen LogP contribution in [0.4, 0.5) is 4.79 Å². The molecule has 2 amide bonds. The van der Waals surface area contributed by atoms with Gasteiger partial charge in [-0.15, -0.1) is 0 Å². The number of hydrogen-bond donors (Lipinski definition) is 3. The van der Waals surface area contributed by atoms with Gasteiger partial charge >= 0.3 is 12.1 Å². The Balaban J connectivity index is 1.57. The van der Waals surface area contributed by atoms with E-state index in [0.29, 0.717) is 12.8 Å². The fraction of sp³-hybridized carbons (Fsp3) is 0.444. The molecular formula is C27H34N2O5. The Morgan fingerprint density at radius 1 is 0.853 bits per heavy atom. The predicted molar refractivity (Wildman–Crippen MR) is 131 cm³/mol. The maximum atomic E-state index is 12.6. The van der Waals surface area contributed by atoms with Crippen LogP contribution in [0, 0.1) is 0 Å². The molecule has 182 valence electrons. The van der Waals surface area contributed by atoms with Crippen molar-refractivity contribution in [1.29, 1.82) is 0 Å². The van der Waals surface area contributed by atoms with E-state index in [1.165, 1.54) is 0 Å². The summed E-state index contributed by atoms with van der Waals surface area (Å²) >= 11 is 0. The summed E-state index contributed by atoms with van der Waals surface area (Å²) in [6.45, 7) is 4.14. The molecule has 1 aliphatic rings. The monoisotopic (exact) mass is 466 g/mol. The molecule has 7 nitrogen and oxygen atoms in total. The summed E-state index contributed by atoms with van der Waals surface area (Å²) in [7, 11) is 0. The molecule has 0 spiro atoms. The number of carboxylic acid groups (broad SMARTS) is 1. The van der Waals surface area contributed by atoms with Crippen molar-refractivity contribution in [2.75, 3.05) is 6.61 Å². The van der Waals surface area contributed by atoms with Gasteiger partial charge < -0.3 is 20.5 Å². The number of hydrogen-bond acceptors (Lipinski definition) is 4. The number of alkyl carbamates (subject to hydrolysis) is 1. The van der Waals surface area contributed by atoms with Crippen molar-refractivity contribution < 1.29 is 24.2 Å². The predicted octanol–water partition coefficient (Wildman–Crippen LogP) is 4.84. The van der Waals surface area contributed by atoms with Gasteiger partial charge in [-0.2, -0.15) is 0 Å². The molecule has 7 heteroatoms. The number of carbonyl (C=O) groups is 3. The number of carboxylic acids is 1. The van der Waals surface area contributed by atoms with Crippen LogP contribution in [0.5, 0.6) is 0 Å². The Bertz CT molecular complexity index is 961. The third-order valence-electron chi connectivity index (χ3n) is 6.16. The van der Waals surface area contributed by atoms with Crippen molar-refractivity contribution in [3.63, 3.8) is 0 Å². The second-order valence-electron chi connectivity index (χ2n) is 8.81. The Morgan fingerprint density at radius 3 is 1.91 bits per heavy atom. The van der Waals surface area contributed by atoms with Gasteiger partial charge in [0.2, 0.25) is 5.91 Å². The van der Waals surface area contributed by atoms with Crippen LogP contribution in [0.2, 0.25) is 0 Å². The lowest BCUT2D eigenvalue weighted by atomic mass is 9.98. The number of aliphatic carboxylic acids is 1. The standard InChI is InChI=1S/C27H34N2O5/c1-3-9-18(15-25(30)28-19(10-4-2)16-26(31)32)29-27(33)34-17-24-22-13-7-5-11-20(22)21-12-6-8-14-23(21)24/h5-8,11-14,18-19,24H,3-4,9-10,15-17H2,1-2H3,(H,28,30)(H,29,33)(H,31,32)/t18-,19?/m1/s1. The first-order valence-electron chi connectivity index (χ1n) is 12.1. The van der Waals surface area contributed by atoms with E-state index in [4.69, 9.17) is 9.84 Å². The van der Waals surface area contributed by atoms with Crippen molar-refractivity contribution in [1.82, 2.24) is 10.6 Å². The zero-order chi connectivity index (χ0) is 24.5. The highest BCUT2D eigenvalue weighted by Gasteiger charge is 2.29. The first-order valence-corrected chi connectivity index (χ1v) is 12.1. The zero-order valence-electron chi connectivity index (χ0n) is 19.9. The average molecular weight is 467 g/mol. The summed E-state index contributed by atoms with van der Waals surface area (Å²) < 4.78 is 5.61. The highest BCUT2D eigenvalue weighted by Crippen LogP contribution is 2.44. The second kappa shape index (κ2) is 12.2. The van der Waals surface area contributed by atoms with E-state index in [-0.39, 0.29) is 37.3 Å². The van der Waals surface area contributed by atoms with Crippen molar-refractivity contribution >= 4 is 18.0 Å². The number of nitrogens with one attached hydrogen (secondary N) is 2. The molecule has 34 heavy (non-hydrogen) atoms. The molecule has 0 aromatic heterocycles. The Hall–Kier alpha value is -3.35. The minimum absolute atomic E-state index is 0.0307. The van der Waals surface area contributed by atoms with E-state index in [9.17, 15) is 14.4 Å². The first kappa shape index (κ1) is 25.3. The molecule has 2 aromatic rings. The molecule has 0 heterocycles. The third kappa shape index (κ3) is 6.59. The lowest BCUT2D eigenvalue weighted by molar-refractivity contribution is -0.137. The number of rotatable bonds is 12. The summed E-state index contributed by atoms with van der Waals surface area (Å²) in [6, 6.07) is 15.5. The van der Waals surface area contributed by atoms with Gasteiger partial charge in [-0.1, -0.05) is 75.2 Å². The SMILES string of the molecule is CCCC(CC(=O)O)NC(=O)C[C@@H](CCC)NC(=O)OCC1c2ccccc2-c2ccccc21. The minimum Gasteiger partial charge on any atom is -0.481 e. The number of benzene rings is 2. The van der Waals surface area contributed by atoms with Gasteiger partial charge in [0.25, 0.3) is 0 Å². The van der Waals surface area contributed by atoms with E-state index < -0.39 is 18.1 Å². The van der Waals surface area contributed by atoms with Crippen LogP contribution in [-0.4, -0.2) is 41.8 Å².